The minimum atomic E-state index is -0.293. The molecule has 0 saturated heterocycles. The highest BCUT2D eigenvalue weighted by Gasteiger charge is 2.03. The van der Waals surface area contributed by atoms with Crippen molar-refractivity contribution in [1.82, 2.24) is 0 Å². The lowest BCUT2D eigenvalue weighted by molar-refractivity contribution is 0.0969. The summed E-state index contributed by atoms with van der Waals surface area (Å²) in [6.07, 6.45) is 0. The number of hydrogen-bond donors (Lipinski definition) is 1. The topological polar surface area (TPSA) is 35.2 Å². The van der Waals surface area contributed by atoms with Gasteiger partial charge in [-0.05, 0) is 23.6 Å². The molecule has 0 aliphatic carbocycles. The van der Waals surface area contributed by atoms with Crippen LogP contribution in [-0.2, 0) is 11.3 Å². The zero-order valence-corrected chi connectivity index (χ0v) is 10.3. The lowest BCUT2D eigenvalue weighted by Crippen LogP contribution is -2.03. The molecule has 0 aliphatic heterocycles. The van der Waals surface area contributed by atoms with Crippen molar-refractivity contribution in [2.75, 3.05) is 13.2 Å². The molecule has 0 spiro atoms. The molecule has 0 radical (unpaired) electrons. The maximum absolute atomic E-state index is 13.1. The minimum absolute atomic E-state index is 0.267. The van der Waals surface area contributed by atoms with Crippen LogP contribution >= 0.6 is 0 Å². The van der Waals surface area contributed by atoms with Crippen molar-refractivity contribution in [3.63, 3.8) is 0 Å². The molecule has 0 amide bonds. The molecule has 2 nitrogen and oxygen atoms in total. The van der Waals surface area contributed by atoms with E-state index in [1.807, 2.05) is 0 Å². The summed E-state index contributed by atoms with van der Waals surface area (Å²) in [6.45, 7) is 5.57. The summed E-state index contributed by atoms with van der Waals surface area (Å²) in [4.78, 5) is 0. The molecule has 2 N–H and O–H groups in total. The summed E-state index contributed by atoms with van der Waals surface area (Å²) in [6, 6.07) is 4.54. The van der Waals surface area contributed by atoms with Crippen molar-refractivity contribution >= 4 is 0 Å². The fourth-order valence-corrected chi connectivity index (χ4v) is 1.34. The predicted molar refractivity (Wildman–Crippen MR) is 66.8 cm³/mol. The highest BCUT2D eigenvalue weighted by molar-refractivity contribution is 5.41. The van der Waals surface area contributed by atoms with Gasteiger partial charge >= 0.3 is 0 Å². The monoisotopic (exact) mass is 235 g/mol. The summed E-state index contributed by atoms with van der Waals surface area (Å²) in [5.74, 6) is 5.77. The normalized spacial score (nSPS) is 10.2. The minimum Gasteiger partial charge on any atom is -0.376 e. The third kappa shape index (κ3) is 4.99. The van der Waals surface area contributed by atoms with E-state index in [9.17, 15) is 4.39 Å². The quantitative estimate of drug-likeness (QED) is 0.813. The van der Waals surface area contributed by atoms with Crippen LogP contribution in [-0.4, -0.2) is 13.2 Å². The lowest BCUT2D eigenvalue weighted by Gasteiger charge is -2.08. The molecule has 0 fully saturated rings. The third-order valence-electron chi connectivity index (χ3n) is 2.11. The standard InChI is InChI=1S/C14H18FNO/c1-11(2)9-17-10-13-5-6-14(15)8-12(13)4-3-7-16/h5-6,8,11H,7,9-10,16H2,1-2H3. The van der Waals surface area contributed by atoms with Gasteiger partial charge in [-0.25, -0.2) is 4.39 Å². The third-order valence-corrected chi connectivity index (χ3v) is 2.11. The van der Waals surface area contributed by atoms with E-state index in [2.05, 4.69) is 25.7 Å². The SMILES string of the molecule is CC(C)COCc1ccc(F)cc1C#CCN. The first kappa shape index (κ1) is 13.7. The predicted octanol–water partition coefficient (Wildman–Crippen LogP) is 2.31. The molecule has 3 heteroatoms. The molecule has 0 saturated carbocycles. The Balaban J connectivity index is 2.76. The molecule has 1 aromatic rings. The number of nitrogens with two attached hydrogens (primary N) is 1. The summed E-state index contributed by atoms with van der Waals surface area (Å²) in [5.41, 5.74) is 6.85. The van der Waals surface area contributed by atoms with Gasteiger partial charge in [0.15, 0.2) is 0 Å². The number of hydrogen-bond acceptors (Lipinski definition) is 2. The van der Waals surface area contributed by atoms with E-state index in [1.54, 1.807) is 6.07 Å². The van der Waals surface area contributed by atoms with Gasteiger partial charge in [-0.3, -0.25) is 0 Å². The molecule has 0 aromatic heterocycles. The molecule has 0 heterocycles. The average molecular weight is 235 g/mol. The summed E-state index contributed by atoms with van der Waals surface area (Å²) >= 11 is 0. The van der Waals surface area contributed by atoms with Crippen LogP contribution in [0.5, 0.6) is 0 Å². The van der Waals surface area contributed by atoms with Gasteiger partial charge in [0.25, 0.3) is 0 Å². The molecule has 0 bridgehead atoms. The van der Waals surface area contributed by atoms with E-state index in [1.165, 1.54) is 12.1 Å². The largest absolute Gasteiger partial charge is 0.376 e. The van der Waals surface area contributed by atoms with Gasteiger partial charge in [-0.2, -0.15) is 0 Å². The van der Waals surface area contributed by atoms with Crippen molar-refractivity contribution in [2.45, 2.75) is 20.5 Å². The second-order valence-corrected chi connectivity index (χ2v) is 4.22. The Kier molecular flexibility index (Phi) is 5.68. The van der Waals surface area contributed by atoms with E-state index in [0.717, 1.165) is 5.56 Å². The number of ether oxygens (including phenoxy) is 1. The zero-order valence-electron chi connectivity index (χ0n) is 10.3. The Hall–Kier alpha value is -1.37. The summed E-state index contributed by atoms with van der Waals surface area (Å²) in [5, 5.41) is 0. The summed E-state index contributed by atoms with van der Waals surface area (Å²) in [7, 11) is 0. The maximum atomic E-state index is 13.1. The number of halogens is 1. The summed E-state index contributed by atoms with van der Waals surface area (Å²) < 4.78 is 18.6. The van der Waals surface area contributed by atoms with E-state index in [-0.39, 0.29) is 12.4 Å². The fraction of sp³-hybridized carbons (Fsp3) is 0.429. The van der Waals surface area contributed by atoms with Crippen LogP contribution in [0.3, 0.4) is 0 Å². The van der Waals surface area contributed by atoms with Crippen LogP contribution in [0.2, 0.25) is 0 Å². The second-order valence-electron chi connectivity index (χ2n) is 4.22. The highest BCUT2D eigenvalue weighted by Crippen LogP contribution is 2.12. The molecule has 0 aliphatic rings. The van der Waals surface area contributed by atoms with E-state index in [4.69, 9.17) is 10.5 Å². The molecule has 17 heavy (non-hydrogen) atoms. The van der Waals surface area contributed by atoms with Crippen molar-refractivity contribution < 1.29 is 9.13 Å². The van der Waals surface area contributed by atoms with Crippen LogP contribution in [0.25, 0.3) is 0 Å². The Morgan fingerprint density at radius 3 is 2.82 bits per heavy atom. The maximum Gasteiger partial charge on any atom is 0.124 e. The Morgan fingerprint density at radius 1 is 1.41 bits per heavy atom. The average Bonchev–Trinajstić information content (AvgIpc) is 2.28. The lowest BCUT2D eigenvalue weighted by atomic mass is 10.1. The number of benzene rings is 1. The Bertz CT molecular complexity index is 418. The van der Waals surface area contributed by atoms with Crippen molar-refractivity contribution in [1.29, 1.82) is 0 Å². The van der Waals surface area contributed by atoms with Crippen LogP contribution in [0.1, 0.15) is 25.0 Å². The molecule has 0 unspecified atom stereocenters. The van der Waals surface area contributed by atoms with E-state index < -0.39 is 0 Å². The van der Waals surface area contributed by atoms with Gasteiger partial charge in [-0.1, -0.05) is 31.8 Å². The van der Waals surface area contributed by atoms with Crippen molar-refractivity contribution in [3.05, 3.63) is 35.1 Å². The van der Waals surface area contributed by atoms with Crippen LogP contribution in [0.15, 0.2) is 18.2 Å². The van der Waals surface area contributed by atoms with Gasteiger partial charge in [0.2, 0.25) is 0 Å². The Labute approximate surface area is 102 Å². The molecule has 1 rings (SSSR count). The smallest absolute Gasteiger partial charge is 0.124 e. The number of rotatable bonds is 4. The van der Waals surface area contributed by atoms with Gasteiger partial charge in [0, 0.05) is 12.2 Å². The molecular formula is C14H18FNO. The Morgan fingerprint density at radius 2 is 2.18 bits per heavy atom. The van der Waals surface area contributed by atoms with Gasteiger partial charge in [0.05, 0.1) is 13.2 Å². The van der Waals surface area contributed by atoms with Gasteiger partial charge in [0.1, 0.15) is 5.82 Å². The zero-order chi connectivity index (χ0) is 12.7. The molecular weight excluding hydrogens is 217 g/mol. The van der Waals surface area contributed by atoms with Gasteiger partial charge in [-0.15, -0.1) is 0 Å². The van der Waals surface area contributed by atoms with Crippen molar-refractivity contribution in [3.8, 4) is 11.8 Å². The van der Waals surface area contributed by atoms with Crippen LogP contribution < -0.4 is 5.73 Å². The molecule has 92 valence electrons. The fourth-order valence-electron chi connectivity index (χ4n) is 1.34. The van der Waals surface area contributed by atoms with E-state index in [0.29, 0.717) is 24.7 Å². The highest BCUT2D eigenvalue weighted by atomic mass is 19.1. The van der Waals surface area contributed by atoms with E-state index >= 15 is 0 Å². The second kappa shape index (κ2) is 7.05. The van der Waals surface area contributed by atoms with Gasteiger partial charge < -0.3 is 10.5 Å². The molecule has 1 aromatic carbocycles. The van der Waals surface area contributed by atoms with Crippen molar-refractivity contribution in [2.24, 2.45) is 11.7 Å². The van der Waals surface area contributed by atoms with Crippen LogP contribution in [0.4, 0.5) is 4.39 Å². The molecule has 0 atom stereocenters. The first-order valence-corrected chi connectivity index (χ1v) is 5.68. The van der Waals surface area contributed by atoms with Crippen LogP contribution in [0, 0.1) is 23.6 Å². The first-order chi connectivity index (χ1) is 8.13. The first-order valence-electron chi connectivity index (χ1n) is 5.68.